The van der Waals surface area contributed by atoms with Crippen LogP contribution in [0.2, 0.25) is 0 Å². The average molecular weight is 207 g/mol. The van der Waals surface area contributed by atoms with Gasteiger partial charge < -0.3 is 0 Å². The number of carbonyl (C=O) groups is 2. The van der Waals surface area contributed by atoms with Crippen molar-refractivity contribution in [1.29, 1.82) is 0 Å². The quantitative estimate of drug-likeness (QED) is 0.560. The number of rotatable bonds is 1. The predicted octanol–water partition coefficient (Wildman–Crippen LogP) is 1.49. The molecule has 4 heteroatoms. The summed E-state index contributed by atoms with van der Waals surface area (Å²) >= 11 is 1.63. The van der Waals surface area contributed by atoms with Crippen LogP contribution < -0.4 is 5.32 Å². The van der Waals surface area contributed by atoms with E-state index >= 15 is 0 Å². The van der Waals surface area contributed by atoms with Gasteiger partial charge >= 0.3 is 0 Å². The summed E-state index contributed by atoms with van der Waals surface area (Å²) in [5.41, 5.74) is 1.58. The second-order valence-electron chi connectivity index (χ2n) is 3.16. The third-order valence-corrected chi connectivity index (χ3v) is 2.99. The van der Waals surface area contributed by atoms with Crippen LogP contribution in [0.5, 0.6) is 0 Å². The lowest BCUT2D eigenvalue weighted by Gasteiger charge is -1.92. The third kappa shape index (κ3) is 1.61. The molecule has 3 nitrogen and oxygen atoms in total. The summed E-state index contributed by atoms with van der Waals surface area (Å²) in [6.45, 7) is 1.99. The van der Waals surface area contributed by atoms with Gasteiger partial charge in [0.05, 0.1) is 6.42 Å². The number of hydrogen-bond donors (Lipinski definition) is 1. The van der Waals surface area contributed by atoms with Crippen molar-refractivity contribution in [3.05, 3.63) is 27.5 Å². The molecule has 1 aromatic rings. The Labute approximate surface area is 85.4 Å². The zero-order valence-electron chi connectivity index (χ0n) is 7.66. The van der Waals surface area contributed by atoms with E-state index in [0.717, 1.165) is 10.4 Å². The van der Waals surface area contributed by atoms with Gasteiger partial charge in [0.15, 0.2) is 0 Å². The van der Waals surface area contributed by atoms with Crippen molar-refractivity contribution in [3.63, 3.8) is 0 Å². The smallest absolute Gasteiger partial charge is 0.254 e. The first-order chi connectivity index (χ1) is 6.66. The van der Waals surface area contributed by atoms with Gasteiger partial charge in [-0.3, -0.25) is 14.9 Å². The number of carbonyl (C=O) groups excluding carboxylic acids is 2. The van der Waals surface area contributed by atoms with Crippen molar-refractivity contribution < 1.29 is 9.59 Å². The van der Waals surface area contributed by atoms with Crippen molar-refractivity contribution in [2.75, 3.05) is 0 Å². The molecule has 0 bridgehead atoms. The van der Waals surface area contributed by atoms with E-state index in [9.17, 15) is 9.59 Å². The summed E-state index contributed by atoms with van der Waals surface area (Å²) in [7, 11) is 0. The Morgan fingerprint density at radius 3 is 2.79 bits per heavy atom. The van der Waals surface area contributed by atoms with Gasteiger partial charge in [0.1, 0.15) is 0 Å². The molecule has 2 amide bonds. The topological polar surface area (TPSA) is 46.2 Å². The highest BCUT2D eigenvalue weighted by Crippen LogP contribution is 2.20. The first-order valence-corrected chi connectivity index (χ1v) is 5.13. The zero-order valence-corrected chi connectivity index (χ0v) is 8.48. The molecule has 1 aliphatic rings. The molecule has 0 spiro atoms. The molecule has 0 unspecified atom stereocenters. The molecule has 14 heavy (non-hydrogen) atoms. The molecule has 0 radical (unpaired) electrons. The van der Waals surface area contributed by atoms with Crippen LogP contribution in [-0.2, 0) is 9.59 Å². The van der Waals surface area contributed by atoms with E-state index in [0.29, 0.717) is 5.57 Å². The minimum atomic E-state index is -0.263. The maximum atomic E-state index is 11.2. The number of nitrogens with one attached hydrogen (secondary N) is 1. The van der Waals surface area contributed by atoms with Crippen molar-refractivity contribution in [2.45, 2.75) is 13.3 Å². The van der Waals surface area contributed by atoms with Crippen LogP contribution >= 0.6 is 11.3 Å². The zero-order chi connectivity index (χ0) is 10.1. The molecule has 72 valence electrons. The molecule has 1 saturated heterocycles. The molecule has 0 aliphatic carbocycles. The molecule has 0 saturated carbocycles. The molecule has 2 heterocycles. The number of amides is 2. The van der Waals surface area contributed by atoms with Crippen LogP contribution in [0.25, 0.3) is 6.08 Å². The van der Waals surface area contributed by atoms with Crippen molar-refractivity contribution in [1.82, 2.24) is 5.32 Å². The SMILES string of the molecule is Cc1sccc1/C=C1/CC(=O)NC1=O. The lowest BCUT2D eigenvalue weighted by molar-refractivity contribution is -0.124. The Bertz CT molecular complexity index is 431. The predicted molar refractivity (Wildman–Crippen MR) is 54.8 cm³/mol. The lowest BCUT2D eigenvalue weighted by atomic mass is 10.1. The molecule has 1 N–H and O–H groups in total. The van der Waals surface area contributed by atoms with Crippen molar-refractivity contribution >= 4 is 29.2 Å². The molecule has 1 fully saturated rings. The minimum Gasteiger partial charge on any atom is -0.292 e. The normalized spacial score (nSPS) is 19.1. The summed E-state index contributed by atoms with van der Waals surface area (Å²) in [5.74, 6) is -0.477. The molecule has 1 aliphatic heterocycles. The van der Waals surface area contributed by atoms with Gasteiger partial charge in [-0.1, -0.05) is 0 Å². The van der Waals surface area contributed by atoms with E-state index in [1.807, 2.05) is 18.4 Å². The van der Waals surface area contributed by atoms with Crippen LogP contribution in [0.1, 0.15) is 16.9 Å². The second kappa shape index (κ2) is 3.38. The minimum absolute atomic E-state index is 0.203. The van der Waals surface area contributed by atoms with Crippen LogP contribution in [0, 0.1) is 6.92 Å². The molecule has 0 atom stereocenters. The van der Waals surface area contributed by atoms with Crippen molar-refractivity contribution in [2.24, 2.45) is 0 Å². The van der Waals surface area contributed by atoms with Gasteiger partial charge in [0.25, 0.3) is 5.91 Å². The maximum absolute atomic E-state index is 11.2. The Kier molecular flexibility index (Phi) is 2.21. The van der Waals surface area contributed by atoms with Gasteiger partial charge in [-0.15, -0.1) is 11.3 Å². The number of thiophene rings is 1. The fourth-order valence-corrected chi connectivity index (χ4v) is 2.03. The third-order valence-electron chi connectivity index (χ3n) is 2.12. The second-order valence-corrected chi connectivity index (χ2v) is 4.28. The first kappa shape index (κ1) is 9.15. The van der Waals surface area contributed by atoms with E-state index < -0.39 is 0 Å². The standard InChI is InChI=1S/C10H9NO2S/c1-6-7(2-3-14-6)4-8-5-9(12)11-10(8)13/h2-4H,5H2,1H3,(H,11,12,13)/b8-4-. The van der Waals surface area contributed by atoms with Gasteiger partial charge in [-0.2, -0.15) is 0 Å². The van der Waals surface area contributed by atoms with Crippen molar-refractivity contribution in [3.8, 4) is 0 Å². The molecular weight excluding hydrogens is 198 g/mol. The summed E-state index contributed by atoms with van der Waals surface area (Å²) < 4.78 is 0. The van der Waals surface area contributed by atoms with E-state index in [1.165, 1.54) is 0 Å². The summed E-state index contributed by atoms with van der Waals surface area (Å²) in [5, 5.41) is 4.22. The van der Waals surface area contributed by atoms with E-state index in [4.69, 9.17) is 0 Å². The van der Waals surface area contributed by atoms with Crippen LogP contribution in [0.3, 0.4) is 0 Å². The number of aryl methyl sites for hydroxylation is 1. The Hall–Kier alpha value is -1.42. The Balaban J connectivity index is 2.32. The van der Waals surface area contributed by atoms with Gasteiger partial charge in [-0.05, 0) is 30.0 Å². The van der Waals surface area contributed by atoms with Crippen LogP contribution in [-0.4, -0.2) is 11.8 Å². The molecule has 0 aromatic carbocycles. The largest absolute Gasteiger partial charge is 0.292 e. The molecular formula is C10H9NO2S. The molecule has 2 rings (SSSR count). The lowest BCUT2D eigenvalue weighted by Crippen LogP contribution is -2.19. The fourth-order valence-electron chi connectivity index (χ4n) is 1.35. The van der Waals surface area contributed by atoms with E-state index in [2.05, 4.69) is 5.32 Å². The highest BCUT2D eigenvalue weighted by Gasteiger charge is 2.23. The highest BCUT2D eigenvalue weighted by molar-refractivity contribution is 7.10. The maximum Gasteiger partial charge on any atom is 0.254 e. The monoisotopic (exact) mass is 207 g/mol. The molecule has 1 aromatic heterocycles. The fraction of sp³-hybridized carbons (Fsp3) is 0.200. The number of hydrogen-bond acceptors (Lipinski definition) is 3. The highest BCUT2D eigenvalue weighted by atomic mass is 32.1. The van der Waals surface area contributed by atoms with Crippen LogP contribution in [0.15, 0.2) is 17.0 Å². The summed E-state index contributed by atoms with van der Waals surface area (Å²) in [6, 6.07) is 1.95. The van der Waals surface area contributed by atoms with Gasteiger partial charge in [0, 0.05) is 10.5 Å². The van der Waals surface area contributed by atoms with E-state index in [1.54, 1.807) is 17.4 Å². The average Bonchev–Trinajstić information content (AvgIpc) is 2.62. The van der Waals surface area contributed by atoms with E-state index in [-0.39, 0.29) is 18.2 Å². The summed E-state index contributed by atoms with van der Waals surface area (Å²) in [6.07, 6.45) is 1.99. The van der Waals surface area contributed by atoms with Crippen LogP contribution in [0.4, 0.5) is 0 Å². The Morgan fingerprint density at radius 2 is 2.29 bits per heavy atom. The Morgan fingerprint density at radius 1 is 1.50 bits per heavy atom. The first-order valence-electron chi connectivity index (χ1n) is 4.25. The van der Waals surface area contributed by atoms with Gasteiger partial charge in [-0.25, -0.2) is 0 Å². The van der Waals surface area contributed by atoms with Gasteiger partial charge in [0.2, 0.25) is 5.91 Å². The summed E-state index contributed by atoms with van der Waals surface area (Å²) in [4.78, 5) is 23.3. The number of imide groups is 1.